The van der Waals surface area contributed by atoms with Crippen molar-refractivity contribution in [2.75, 3.05) is 0 Å². The average molecular weight is 280 g/mol. The molecular formula is C10H13FO6S. The highest BCUT2D eigenvalue weighted by Crippen LogP contribution is 2.44. The summed E-state index contributed by atoms with van der Waals surface area (Å²) in [6, 6.07) is 0. The summed E-state index contributed by atoms with van der Waals surface area (Å²) in [6.07, 6.45) is 1.51. The molecule has 4 unspecified atom stereocenters. The van der Waals surface area contributed by atoms with Crippen molar-refractivity contribution in [3.8, 4) is 0 Å². The lowest BCUT2D eigenvalue weighted by molar-refractivity contribution is -0.432. The van der Waals surface area contributed by atoms with Crippen molar-refractivity contribution in [1.82, 2.24) is 0 Å². The van der Waals surface area contributed by atoms with Gasteiger partial charge >= 0.3 is 5.97 Å². The van der Waals surface area contributed by atoms with Crippen molar-refractivity contribution < 1.29 is 33.3 Å². The van der Waals surface area contributed by atoms with Crippen LogP contribution in [0.1, 0.15) is 26.2 Å². The van der Waals surface area contributed by atoms with Crippen LogP contribution >= 0.6 is 12.0 Å². The summed E-state index contributed by atoms with van der Waals surface area (Å²) in [5, 5.41) is 8.57. The molecule has 0 saturated heterocycles. The van der Waals surface area contributed by atoms with Crippen molar-refractivity contribution >= 4 is 23.8 Å². The van der Waals surface area contributed by atoms with Gasteiger partial charge in [0.25, 0.3) is 5.00 Å². The molecule has 0 spiro atoms. The number of ether oxygens (including phenoxy) is 1. The number of Topliss-reactive ketones (excluding diaryl/α,β-unsaturated/α-hetero) is 1. The topological polar surface area (TPSA) is 82.1 Å². The number of rotatable bonds is 5. The van der Waals surface area contributed by atoms with E-state index in [-0.39, 0.29) is 29.7 Å². The number of ketones is 1. The fourth-order valence-electron chi connectivity index (χ4n) is 2.50. The van der Waals surface area contributed by atoms with Gasteiger partial charge in [0.2, 0.25) is 0 Å². The molecule has 0 aliphatic heterocycles. The van der Waals surface area contributed by atoms with Crippen molar-refractivity contribution in [1.29, 1.82) is 0 Å². The van der Waals surface area contributed by atoms with Gasteiger partial charge in [0.1, 0.15) is 0 Å². The Bertz CT molecular complexity index is 360. The Morgan fingerprint density at radius 2 is 2.28 bits per heavy atom. The van der Waals surface area contributed by atoms with E-state index in [1.807, 2.05) is 0 Å². The summed E-state index contributed by atoms with van der Waals surface area (Å²) < 4.78 is 22.6. The molecule has 1 N–H and O–H groups in total. The number of esters is 1. The zero-order chi connectivity index (χ0) is 13.3. The van der Waals surface area contributed by atoms with Crippen LogP contribution < -0.4 is 0 Å². The van der Waals surface area contributed by atoms with Gasteiger partial charge in [-0.15, -0.1) is 4.33 Å². The van der Waals surface area contributed by atoms with E-state index in [0.717, 1.165) is 19.8 Å². The second kappa shape index (κ2) is 5.12. The van der Waals surface area contributed by atoms with Gasteiger partial charge in [-0.2, -0.15) is 0 Å². The third-order valence-corrected chi connectivity index (χ3v) is 4.01. The summed E-state index contributed by atoms with van der Waals surface area (Å²) in [5.74, 6) is -1.39. The molecule has 8 heteroatoms. The van der Waals surface area contributed by atoms with Crippen LogP contribution in [-0.4, -0.2) is 28.1 Å². The maximum atomic E-state index is 13.8. The zero-order valence-corrected chi connectivity index (χ0v) is 10.4. The first-order valence-corrected chi connectivity index (χ1v) is 6.29. The van der Waals surface area contributed by atoms with Gasteiger partial charge in [-0.3, -0.25) is 4.79 Å². The molecular weight excluding hydrogens is 267 g/mol. The third kappa shape index (κ3) is 2.51. The van der Waals surface area contributed by atoms with Crippen LogP contribution in [0.15, 0.2) is 0 Å². The molecule has 4 atom stereocenters. The maximum absolute atomic E-state index is 13.8. The molecule has 0 aromatic carbocycles. The Hall–Kier alpha value is -0.700. The van der Waals surface area contributed by atoms with Crippen LogP contribution in [-0.2, 0) is 23.7 Å². The highest BCUT2D eigenvalue weighted by atomic mass is 32.2. The summed E-state index contributed by atoms with van der Waals surface area (Å²) in [5.41, 5.74) is 0. The smallest absolute Gasteiger partial charge is 0.357 e. The van der Waals surface area contributed by atoms with Crippen molar-refractivity contribution in [3.05, 3.63) is 0 Å². The summed E-state index contributed by atoms with van der Waals surface area (Å²) in [4.78, 5) is 23.3. The van der Waals surface area contributed by atoms with Crippen LogP contribution in [0.3, 0.4) is 0 Å². The molecule has 0 heterocycles. The zero-order valence-electron chi connectivity index (χ0n) is 9.63. The number of carbonyl (C=O) groups is 2. The number of carbonyl (C=O) groups excluding carboxylic acids is 2. The fraction of sp³-hybridized carbons (Fsp3) is 0.800. The molecule has 102 valence electrons. The van der Waals surface area contributed by atoms with Crippen LogP contribution in [0.25, 0.3) is 0 Å². The van der Waals surface area contributed by atoms with E-state index in [4.69, 9.17) is 9.99 Å². The van der Waals surface area contributed by atoms with E-state index in [1.165, 1.54) is 0 Å². The minimum Gasteiger partial charge on any atom is -0.451 e. The fourth-order valence-corrected chi connectivity index (χ4v) is 2.78. The number of halogens is 1. The van der Waals surface area contributed by atoms with Crippen LogP contribution in [0.2, 0.25) is 0 Å². The molecule has 2 saturated carbocycles. The Kier molecular flexibility index (Phi) is 3.90. The molecule has 2 aliphatic carbocycles. The normalized spacial score (nSPS) is 33.5. The molecule has 0 aromatic heterocycles. The highest BCUT2D eigenvalue weighted by molar-refractivity contribution is 7.96. The van der Waals surface area contributed by atoms with Gasteiger partial charge in [-0.1, -0.05) is 5.04 Å². The lowest BCUT2D eigenvalue weighted by Gasteiger charge is -2.23. The van der Waals surface area contributed by atoms with E-state index in [1.54, 1.807) is 0 Å². The van der Waals surface area contributed by atoms with E-state index in [0.29, 0.717) is 6.42 Å². The molecule has 0 amide bonds. The largest absolute Gasteiger partial charge is 0.451 e. The number of alkyl halides is 1. The predicted octanol–water partition coefficient (Wildman–Crippen LogP) is 1.65. The molecule has 6 nitrogen and oxygen atoms in total. The van der Waals surface area contributed by atoms with Gasteiger partial charge in [-0.05, 0) is 26.2 Å². The predicted molar refractivity (Wildman–Crippen MR) is 57.6 cm³/mol. The quantitative estimate of drug-likeness (QED) is 0.355. The second-order valence-electron chi connectivity index (χ2n) is 4.64. The molecule has 2 bridgehead atoms. The first-order chi connectivity index (χ1) is 8.45. The highest BCUT2D eigenvalue weighted by Gasteiger charge is 2.51. The number of hydrogen-bond donors (Lipinski definition) is 1. The summed E-state index contributed by atoms with van der Waals surface area (Å²) in [6.45, 7) is 0.900. The summed E-state index contributed by atoms with van der Waals surface area (Å²) >= 11 is -0.0333. The molecule has 2 fully saturated rings. The maximum Gasteiger partial charge on any atom is 0.357 e. The lowest BCUT2D eigenvalue weighted by atomic mass is 9.96. The third-order valence-electron chi connectivity index (χ3n) is 3.40. The molecule has 2 aliphatic rings. The van der Waals surface area contributed by atoms with Crippen molar-refractivity contribution in [3.63, 3.8) is 0 Å². The van der Waals surface area contributed by atoms with Crippen molar-refractivity contribution in [2.45, 2.75) is 37.3 Å². The molecule has 18 heavy (non-hydrogen) atoms. The van der Waals surface area contributed by atoms with E-state index >= 15 is 0 Å². The van der Waals surface area contributed by atoms with Gasteiger partial charge in [0.05, 0.1) is 12.0 Å². The monoisotopic (exact) mass is 280 g/mol. The molecule has 0 aromatic rings. The number of fused-ring (bicyclic) bond motifs is 2. The lowest BCUT2D eigenvalue weighted by Crippen LogP contribution is -2.38. The molecule has 0 radical (unpaired) electrons. The average Bonchev–Trinajstić information content (AvgIpc) is 2.90. The van der Waals surface area contributed by atoms with Crippen LogP contribution in [0, 0.1) is 11.8 Å². The molecule has 2 rings (SSSR count). The number of hydrogen-bond acceptors (Lipinski definition) is 7. The summed E-state index contributed by atoms with van der Waals surface area (Å²) in [7, 11) is 0. The van der Waals surface area contributed by atoms with E-state index in [2.05, 4.69) is 9.37 Å². The van der Waals surface area contributed by atoms with Crippen molar-refractivity contribution in [2.24, 2.45) is 11.8 Å². The van der Waals surface area contributed by atoms with Gasteiger partial charge in [0.15, 0.2) is 11.9 Å². The van der Waals surface area contributed by atoms with E-state index < -0.39 is 17.1 Å². The minimum absolute atomic E-state index is 0.00209. The Morgan fingerprint density at radius 1 is 1.56 bits per heavy atom. The Morgan fingerprint density at radius 3 is 2.83 bits per heavy atom. The first kappa shape index (κ1) is 13.7. The minimum atomic E-state index is -2.55. The van der Waals surface area contributed by atoms with Gasteiger partial charge in [-0.25, -0.2) is 14.4 Å². The Labute approximate surface area is 107 Å². The second-order valence-corrected chi connectivity index (χ2v) is 5.71. The first-order valence-electron chi connectivity index (χ1n) is 5.55. The van der Waals surface area contributed by atoms with Crippen LogP contribution in [0.5, 0.6) is 0 Å². The van der Waals surface area contributed by atoms with E-state index in [9.17, 15) is 14.0 Å². The van der Waals surface area contributed by atoms with Crippen LogP contribution in [0.4, 0.5) is 4.39 Å². The van der Waals surface area contributed by atoms with Gasteiger partial charge in [0, 0.05) is 11.8 Å². The SMILES string of the molecule is CC(F)(SOOO)C(=O)OC1C(=O)C2CCC1C2. The Balaban J connectivity index is 1.93. The van der Waals surface area contributed by atoms with Gasteiger partial charge < -0.3 is 4.74 Å². The standard InChI is InChI=1S/C10H13FO6S/c1-10(11,18-17-16-14)9(13)15-8-6-3-2-5(4-6)7(8)12/h5-6,8,14H,2-4H2,1H3.